The molecule has 1 aromatic rings. The van der Waals surface area contributed by atoms with Crippen molar-refractivity contribution in [3.8, 4) is 0 Å². The van der Waals surface area contributed by atoms with Crippen molar-refractivity contribution in [1.29, 1.82) is 0 Å². The summed E-state index contributed by atoms with van der Waals surface area (Å²) in [6.45, 7) is 7.83. The average molecular weight is 556 g/mol. The summed E-state index contributed by atoms with van der Waals surface area (Å²) in [5.41, 5.74) is -0.467. The second-order valence-electron chi connectivity index (χ2n) is 11.4. The molecule has 2 saturated heterocycles. The van der Waals surface area contributed by atoms with Gasteiger partial charge in [-0.1, -0.05) is 44.9 Å². The quantitative estimate of drug-likeness (QED) is 0.259. The molecule has 3 fully saturated rings. The van der Waals surface area contributed by atoms with Gasteiger partial charge in [-0.2, -0.15) is 0 Å². The summed E-state index contributed by atoms with van der Waals surface area (Å²) in [4.78, 5) is 44.4. The topological polar surface area (TPSA) is 97.0 Å². The van der Waals surface area contributed by atoms with E-state index in [1.165, 1.54) is 0 Å². The number of likely N-dealkylation sites (tertiary alicyclic amines) is 1. The molecule has 39 heavy (non-hydrogen) atoms. The molecule has 1 aromatic carbocycles. The van der Waals surface area contributed by atoms with Crippen molar-refractivity contribution in [3.05, 3.63) is 36.4 Å². The van der Waals surface area contributed by atoms with E-state index in [4.69, 9.17) is 9.47 Å². The highest BCUT2D eigenvalue weighted by molar-refractivity contribution is 7.98. The van der Waals surface area contributed by atoms with Gasteiger partial charge in [0.25, 0.3) is 0 Å². The molecule has 3 amide bonds. The van der Waals surface area contributed by atoms with Crippen LogP contribution in [0.3, 0.4) is 0 Å². The lowest BCUT2D eigenvalue weighted by molar-refractivity contribution is -0.141. The van der Waals surface area contributed by atoms with Crippen molar-refractivity contribution in [2.75, 3.05) is 31.3 Å². The smallest absolute Gasteiger partial charge is 0.246 e. The van der Waals surface area contributed by atoms with Crippen molar-refractivity contribution >= 4 is 35.2 Å². The van der Waals surface area contributed by atoms with Crippen LogP contribution in [0.25, 0.3) is 0 Å². The fourth-order valence-corrected chi connectivity index (χ4v) is 7.42. The molecule has 5 rings (SSSR count). The maximum atomic E-state index is 14.0. The van der Waals surface area contributed by atoms with Gasteiger partial charge in [0.05, 0.1) is 17.9 Å². The monoisotopic (exact) mass is 555 g/mol. The SMILES string of the molecule is CCOCCCN1C(=O)[C@@H]2C(C(=O)Nc3cccc(SC)c3)[C@@H]3C=CC2(O3)C1C(=O)NC1CCCC(C)C1C. The van der Waals surface area contributed by atoms with Crippen LogP contribution in [0.5, 0.6) is 0 Å². The van der Waals surface area contributed by atoms with Gasteiger partial charge >= 0.3 is 0 Å². The van der Waals surface area contributed by atoms with E-state index in [1.54, 1.807) is 16.7 Å². The number of rotatable bonds is 10. The van der Waals surface area contributed by atoms with Crippen LogP contribution in [0, 0.1) is 23.7 Å². The van der Waals surface area contributed by atoms with Crippen molar-refractivity contribution in [2.45, 2.75) is 75.1 Å². The van der Waals surface area contributed by atoms with Crippen molar-refractivity contribution < 1.29 is 23.9 Å². The number of benzene rings is 1. The van der Waals surface area contributed by atoms with E-state index >= 15 is 0 Å². The summed E-state index contributed by atoms with van der Waals surface area (Å²) in [6, 6.07) is 6.88. The van der Waals surface area contributed by atoms with Gasteiger partial charge in [0.2, 0.25) is 17.7 Å². The second-order valence-corrected chi connectivity index (χ2v) is 12.3. The molecule has 0 aromatic heterocycles. The lowest BCUT2D eigenvalue weighted by atomic mass is 9.73. The molecule has 1 spiro atoms. The highest BCUT2D eigenvalue weighted by Gasteiger charge is 2.72. The predicted molar refractivity (Wildman–Crippen MR) is 151 cm³/mol. The molecule has 3 heterocycles. The minimum atomic E-state index is -1.15. The van der Waals surface area contributed by atoms with Crippen molar-refractivity contribution in [3.63, 3.8) is 0 Å². The van der Waals surface area contributed by atoms with E-state index in [0.29, 0.717) is 43.7 Å². The first-order valence-electron chi connectivity index (χ1n) is 14.3. The fraction of sp³-hybridized carbons (Fsp3) is 0.633. The van der Waals surface area contributed by atoms with Crippen LogP contribution in [-0.2, 0) is 23.9 Å². The third kappa shape index (κ3) is 5.13. The van der Waals surface area contributed by atoms with Gasteiger partial charge < -0.3 is 25.0 Å². The molecule has 212 valence electrons. The molecule has 4 aliphatic rings. The number of hydrogen-bond acceptors (Lipinski definition) is 6. The molecule has 9 heteroatoms. The number of hydrogen-bond donors (Lipinski definition) is 2. The van der Waals surface area contributed by atoms with Gasteiger partial charge in [-0.05, 0) is 56.1 Å². The molecule has 8 atom stereocenters. The van der Waals surface area contributed by atoms with Gasteiger partial charge in [-0.3, -0.25) is 14.4 Å². The molecule has 8 nitrogen and oxygen atoms in total. The molecule has 6 unspecified atom stereocenters. The number of nitrogens with one attached hydrogen (secondary N) is 2. The largest absolute Gasteiger partial charge is 0.382 e. The normalized spacial score (nSPS) is 34.8. The maximum absolute atomic E-state index is 14.0. The van der Waals surface area contributed by atoms with Crippen LogP contribution in [0.15, 0.2) is 41.3 Å². The van der Waals surface area contributed by atoms with Crippen LogP contribution in [0.2, 0.25) is 0 Å². The highest BCUT2D eigenvalue weighted by Crippen LogP contribution is 2.55. The van der Waals surface area contributed by atoms with E-state index in [2.05, 4.69) is 24.5 Å². The Balaban J connectivity index is 1.41. The van der Waals surface area contributed by atoms with Crippen LogP contribution >= 0.6 is 11.8 Å². The number of anilines is 1. The zero-order chi connectivity index (χ0) is 27.7. The molecule has 1 aliphatic carbocycles. The second kappa shape index (κ2) is 11.6. The first-order chi connectivity index (χ1) is 18.8. The first-order valence-corrected chi connectivity index (χ1v) is 15.5. The Bertz CT molecular complexity index is 1130. The first kappa shape index (κ1) is 28.2. The van der Waals surface area contributed by atoms with Gasteiger partial charge in [0.1, 0.15) is 11.6 Å². The number of amides is 3. The van der Waals surface area contributed by atoms with E-state index in [1.807, 2.05) is 49.6 Å². The van der Waals surface area contributed by atoms with Crippen molar-refractivity contribution in [1.82, 2.24) is 10.2 Å². The van der Waals surface area contributed by atoms with Crippen LogP contribution in [0.1, 0.15) is 46.5 Å². The van der Waals surface area contributed by atoms with E-state index in [-0.39, 0.29) is 23.8 Å². The third-order valence-electron chi connectivity index (χ3n) is 9.19. The Morgan fingerprint density at radius 2 is 2.05 bits per heavy atom. The number of nitrogens with zero attached hydrogens (tertiary/aromatic N) is 1. The third-order valence-corrected chi connectivity index (χ3v) is 9.91. The van der Waals surface area contributed by atoms with Gasteiger partial charge in [0.15, 0.2) is 0 Å². The Labute approximate surface area is 235 Å². The van der Waals surface area contributed by atoms with Crippen LogP contribution < -0.4 is 10.6 Å². The molecule has 3 aliphatic heterocycles. The standard InChI is InChI=1S/C30H41N3O5S/c1-5-37-16-8-15-33-26(28(35)32-22-12-6-9-18(2)19(22)3)30-14-13-23(38-30)24(25(30)29(33)36)27(34)31-20-10-7-11-21(17-20)39-4/h7,10-11,13-14,17-19,22-26H,5-6,8-9,12,15-16H2,1-4H3,(H,31,34)(H,32,35)/t18?,19?,22?,23-,24?,25-,26?,30?/m0/s1. The molecular formula is C30H41N3O5S. The molecule has 2 bridgehead atoms. The Morgan fingerprint density at radius 1 is 1.23 bits per heavy atom. The molecule has 0 radical (unpaired) electrons. The number of carbonyl (C=O) groups excluding carboxylic acids is 3. The van der Waals surface area contributed by atoms with Gasteiger partial charge in [-0.15, -0.1) is 11.8 Å². The number of fused-ring (bicyclic) bond motifs is 1. The summed E-state index contributed by atoms with van der Waals surface area (Å²) in [5, 5.41) is 6.31. The lowest BCUT2D eigenvalue weighted by Gasteiger charge is -2.38. The fourth-order valence-electron chi connectivity index (χ4n) is 6.96. The lowest BCUT2D eigenvalue weighted by Crippen LogP contribution is -2.58. The van der Waals surface area contributed by atoms with E-state index in [9.17, 15) is 14.4 Å². The summed E-state index contributed by atoms with van der Waals surface area (Å²) >= 11 is 1.60. The van der Waals surface area contributed by atoms with E-state index in [0.717, 1.165) is 24.2 Å². The zero-order valence-corrected chi connectivity index (χ0v) is 24.2. The Kier molecular flexibility index (Phi) is 8.40. The summed E-state index contributed by atoms with van der Waals surface area (Å²) < 4.78 is 12.0. The maximum Gasteiger partial charge on any atom is 0.246 e. The minimum absolute atomic E-state index is 0.0578. The summed E-state index contributed by atoms with van der Waals surface area (Å²) in [6.07, 6.45) is 8.94. The minimum Gasteiger partial charge on any atom is -0.382 e. The average Bonchev–Trinajstić information content (AvgIpc) is 3.56. The molecule has 1 saturated carbocycles. The van der Waals surface area contributed by atoms with Crippen LogP contribution in [0.4, 0.5) is 5.69 Å². The molecule has 2 N–H and O–H groups in total. The number of ether oxygens (including phenoxy) is 2. The van der Waals surface area contributed by atoms with E-state index < -0.39 is 29.6 Å². The highest BCUT2D eigenvalue weighted by atomic mass is 32.2. The number of thioether (sulfide) groups is 1. The predicted octanol–water partition coefficient (Wildman–Crippen LogP) is 3.87. The summed E-state index contributed by atoms with van der Waals surface area (Å²) in [5.74, 6) is -1.21. The summed E-state index contributed by atoms with van der Waals surface area (Å²) in [7, 11) is 0. The Hall–Kier alpha value is -2.36. The molecular weight excluding hydrogens is 514 g/mol. The number of carbonyl (C=O) groups is 3. The van der Waals surface area contributed by atoms with Gasteiger partial charge in [0, 0.05) is 36.4 Å². The van der Waals surface area contributed by atoms with Crippen molar-refractivity contribution in [2.24, 2.45) is 23.7 Å². The van der Waals surface area contributed by atoms with Gasteiger partial charge in [-0.25, -0.2) is 0 Å². The zero-order valence-electron chi connectivity index (χ0n) is 23.4. The van der Waals surface area contributed by atoms with Crippen LogP contribution in [-0.4, -0.2) is 72.4 Å². The Morgan fingerprint density at radius 3 is 2.82 bits per heavy atom.